The summed E-state index contributed by atoms with van der Waals surface area (Å²) < 4.78 is 0. The second-order valence-electron chi connectivity index (χ2n) is 29.1. The van der Waals surface area contributed by atoms with Crippen molar-refractivity contribution >= 4 is 149 Å². The molecule has 4 heterocycles. The van der Waals surface area contributed by atoms with Gasteiger partial charge in [-0.15, -0.1) is 0 Å². The number of rotatable bonds is 9. The molecule has 4 bridgehead atoms. The summed E-state index contributed by atoms with van der Waals surface area (Å²) >= 11 is 0. The zero-order valence-electron chi connectivity index (χ0n) is 53.9. The lowest BCUT2D eigenvalue weighted by molar-refractivity contribution is 0.0900. The first-order valence-electron chi connectivity index (χ1n) is 35.3. The zero-order chi connectivity index (χ0) is 63.1. The third-order valence-corrected chi connectivity index (χ3v) is 23.7. The fourth-order valence-corrected chi connectivity index (χ4v) is 19.9. The summed E-state index contributed by atoms with van der Waals surface area (Å²) in [5.74, 6) is 1.67. The molecule has 23 rings (SSSR count). The van der Waals surface area contributed by atoms with Crippen LogP contribution >= 0.6 is 0 Å². The van der Waals surface area contributed by atoms with E-state index in [1.807, 2.05) is 0 Å². The molecule has 0 aromatic heterocycles. The van der Waals surface area contributed by atoms with E-state index in [9.17, 15) is 0 Å². The molecule has 2 saturated carbocycles. The number of benzene rings is 17. The molecule has 0 unspecified atom stereocenters. The van der Waals surface area contributed by atoms with Gasteiger partial charge < -0.3 is 14.7 Å². The van der Waals surface area contributed by atoms with Gasteiger partial charge in [0.1, 0.15) is 0 Å². The van der Waals surface area contributed by atoms with E-state index in [4.69, 9.17) is 0 Å². The summed E-state index contributed by atoms with van der Waals surface area (Å²) in [5.41, 5.74) is 23.0. The van der Waals surface area contributed by atoms with E-state index < -0.39 is 0 Å². The molecule has 456 valence electrons. The molecule has 0 spiro atoms. The van der Waals surface area contributed by atoms with E-state index in [0.29, 0.717) is 12.1 Å². The van der Waals surface area contributed by atoms with Crippen LogP contribution in [0.15, 0.2) is 291 Å². The maximum Gasteiger partial charge on any atom is 0.252 e. The number of hydrogen-bond acceptors (Lipinski definition) is 3. The van der Waals surface area contributed by atoms with Crippen molar-refractivity contribution in [3.8, 4) is 22.3 Å². The first-order chi connectivity index (χ1) is 48.0. The van der Waals surface area contributed by atoms with E-state index in [-0.39, 0.29) is 6.71 Å². The van der Waals surface area contributed by atoms with Gasteiger partial charge in [-0.05, 0) is 252 Å². The second kappa shape index (κ2) is 20.7. The second-order valence-corrected chi connectivity index (χ2v) is 29.1. The van der Waals surface area contributed by atoms with Gasteiger partial charge in [0.15, 0.2) is 0 Å². The molecule has 17 aromatic rings. The monoisotopic (exact) mass is 1240 g/mol. The molecule has 6 aliphatic rings. The van der Waals surface area contributed by atoms with E-state index in [1.165, 1.54) is 219 Å². The summed E-state index contributed by atoms with van der Waals surface area (Å²) in [6.45, 7) is -0.0824. The smallest absolute Gasteiger partial charge is 0.252 e. The Balaban J connectivity index is 0.776. The highest BCUT2D eigenvalue weighted by Gasteiger charge is 2.49. The van der Waals surface area contributed by atoms with E-state index in [2.05, 4.69) is 306 Å². The van der Waals surface area contributed by atoms with Crippen LogP contribution < -0.4 is 31.1 Å². The number of hydrogen-bond donors (Lipinski definition) is 0. The molecule has 3 nitrogen and oxygen atoms in total. The molecule has 2 saturated heterocycles. The number of nitrogens with zero attached hydrogens (tertiary/aromatic N) is 3. The van der Waals surface area contributed by atoms with Crippen LogP contribution in [0.3, 0.4) is 0 Å². The van der Waals surface area contributed by atoms with Gasteiger partial charge >= 0.3 is 0 Å². The van der Waals surface area contributed by atoms with Crippen LogP contribution in [0.4, 0.5) is 39.8 Å². The quantitative estimate of drug-likeness (QED) is 0.0810. The van der Waals surface area contributed by atoms with Gasteiger partial charge in [-0.3, -0.25) is 0 Å². The van der Waals surface area contributed by atoms with E-state index in [0.717, 1.165) is 24.7 Å². The minimum atomic E-state index is -0.0824. The van der Waals surface area contributed by atoms with Gasteiger partial charge in [0.2, 0.25) is 0 Å². The van der Waals surface area contributed by atoms with Crippen molar-refractivity contribution < 1.29 is 0 Å². The van der Waals surface area contributed by atoms with Crippen molar-refractivity contribution in [2.45, 2.75) is 57.0 Å². The maximum absolute atomic E-state index is 2.93. The van der Waals surface area contributed by atoms with Crippen molar-refractivity contribution in [2.24, 2.45) is 11.8 Å². The third kappa shape index (κ3) is 8.17. The van der Waals surface area contributed by atoms with E-state index >= 15 is 0 Å². The SMILES string of the molecule is c1ccc(-c2ccc(N3c4ccc(Cc5cc6cccc7c8cccc9cccc(c(c5)c67)c98)cc4B4c5cc(Cc6cc7cccc8c9cccc%10cccc(c(c6)c78)c%109)ccc5N(c5ccc(-c6ccccc6)cc5)c5cc(N6C7CC8CC(C7)CC6C8)cc3c54)cc2)cc1. The first kappa shape index (κ1) is 54.1. The van der Waals surface area contributed by atoms with Crippen molar-refractivity contribution in [3.05, 3.63) is 313 Å². The summed E-state index contributed by atoms with van der Waals surface area (Å²) in [4.78, 5) is 8.27. The largest absolute Gasteiger partial charge is 0.365 e. The molecule has 4 aliphatic heterocycles. The van der Waals surface area contributed by atoms with Gasteiger partial charge in [-0.25, -0.2) is 0 Å². The Morgan fingerprint density at radius 3 is 1.05 bits per heavy atom. The minimum absolute atomic E-state index is 0.0824. The molecule has 4 fully saturated rings. The van der Waals surface area contributed by atoms with E-state index in [1.54, 1.807) is 0 Å². The summed E-state index contributed by atoms with van der Waals surface area (Å²) in [6, 6.07) is 114. The average molecular weight is 1240 g/mol. The highest BCUT2D eigenvalue weighted by Crippen LogP contribution is 2.54. The van der Waals surface area contributed by atoms with Gasteiger partial charge in [-0.1, -0.05) is 243 Å². The molecular formula is C93H66BN3. The maximum atomic E-state index is 2.93. The topological polar surface area (TPSA) is 9.72 Å². The number of piperidine rings is 2. The predicted molar refractivity (Wildman–Crippen MR) is 412 cm³/mol. The Labute approximate surface area is 564 Å². The Morgan fingerprint density at radius 1 is 0.268 bits per heavy atom. The lowest BCUT2D eigenvalue weighted by Gasteiger charge is -2.58. The highest BCUT2D eigenvalue weighted by atomic mass is 15.2. The van der Waals surface area contributed by atoms with Gasteiger partial charge in [0, 0.05) is 51.9 Å². The number of anilines is 7. The average Bonchev–Trinajstić information content (AvgIpc) is 0.678. The first-order valence-corrected chi connectivity index (χ1v) is 35.3. The van der Waals surface area contributed by atoms with Crippen molar-refractivity contribution in [2.75, 3.05) is 14.7 Å². The van der Waals surface area contributed by atoms with Crippen LogP contribution in [0.2, 0.25) is 0 Å². The standard InChI is InChI=1S/C93H66BN3/c1-3-13-62(14-4-1)64-31-35-70(36-32-64)96-85-39-29-56(41-58-44-68-21-11-25-77-75-23-7-17-66-19-9-27-79(89(66)75)81(50-58)91(68)77)52-83(85)94-84-53-57(42-59-45-69-22-12-26-78-76-24-8-18-67-20-10-28-80(90(67)76)82(51-59)92(69)78)30-40-86(84)97(71-37-33-65(34-38-71)63-15-5-2-6-16-63)88-55-74(54-87(96)93(88)94)95-72-46-60-43-61(48-72)49-73(95)47-60/h1-40,44-45,50-55,60-61,72-73H,41-43,46-49H2. The molecule has 17 aromatic carbocycles. The van der Waals surface area contributed by atoms with Crippen molar-refractivity contribution in [3.63, 3.8) is 0 Å². The van der Waals surface area contributed by atoms with Crippen LogP contribution in [-0.4, -0.2) is 18.8 Å². The van der Waals surface area contributed by atoms with Gasteiger partial charge in [0.05, 0.1) is 0 Å². The van der Waals surface area contributed by atoms with Crippen LogP contribution in [0, 0.1) is 11.8 Å². The Hall–Kier alpha value is -11.2. The fourth-order valence-electron chi connectivity index (χ4n) is 19.9. The molecule has 97 heavy (non-hydrogen) atoms. The Kier molecular flexibility index (Phi) is 11.5. The lowest BCUT2D eigenvalue weighted by Crippen LogP contribution is -2.62. The van der Waals surface area contributed by atoms with Gasteiger partial charge in [-0.2, -0.15) is 0 Å². The Bertz CT molecular complexity index is 5710. The number of fused-ring (bicyclic) bond motifs is 8. The Morgan fingerprint density at radius 2 is 0.639 bits per heavy atom. The summed E-state index contributed by atoms with van der Waals surface area (Å²) in [7, 11) is 0. The summed E-state index contributed by atoms with van der Waals surface area (Å²) in [5, 5.41) is 21.3. The van der Waals surface area contributed by atoms with Crippen LogP contribution in [0.5, 0.6) is 0 Å². The molecular weight excluding hydrogens is 1170 g/mol. The van der Waals surface area contributed by atoms with Crippen molar-refractivity contribution in [1.82, 2.24) is 0 Å². The lowest BCUT2D eigenvalue weighted by atomic mass is 9.33. The van der Waals surface area contributed by atoms with Gasteiger partial charge in [0.25, 0.3) is 6.71 Å². The molecule has 0 amide bonds. The molecule has 0 N–H and O–H groups in total. The van der Waals surface area contributed by atoms with Crippen LogP contribution in [-0.2, 0) is 12.8 Å². The minimum Gasteiger partial charge on any atom is -0.365 e. The highest BCUT2D eigenvalue weighted by molar-refractivity contribution is 7.00. The summed E-state index contributed by atoms with van der Waals surface area (Å²) in [6.07, 6.45) is 8.18. The third-order valence-electron chi connectivity index (χ3n) is 23.7. The van der Waals surface area contributed by atoms with Crippen LogP contribution in [0.1, 0.15) is 54.4 Å². The van der Waals surface area contributed by atoms with Crippen molar-refractivity contribution in [1.29, 1.82) is 0 Å². The molecule has 2 aliphatic carbocycles. The fraction of sp³-hybridized carbons (Fsp3) is 0.118. The predicted octanol–water partition coefficient (Wildman–Crippen LogP) is 22.2. The normalized spacial score (nSPS) is 17.7. The molecule has 0 radical (unpaired) electrons. The molecule has 0 atom stereocenters. The zero-order valence-corrected chi connectivity index (χ0v) is 53.9. The molecule has 4 heteroatoms. The van der Waals surface area contributed by atoms with Crippen LogP contribution in [0.25, 0.3) is 108 Å².